The molecule has 6 heteroatoms. The normalized spacial score (nSPS) is 10.3. The fourth-order valence-corrected chi connectivity index (χ4v) is 2.63. The van der Waals surface area contributed by atoms with Crippen LogP contribution in [0.25, 0.3) is 0 Å². The predicted octanol–water partition coefficient (Wildman–Crippen LogP) is 5.11. The van der Waals surface area contributed by atoms with Crippen molar-refractivity contribution in [3.8, 4) is 0 Å². The molecule has 1 amide bonds. The van der Waals surface area contributed by atoms with Crippen molar-refractivity contribution in [3.05, 3.63) is 56.5 Å². The van der Waals surface area contributed by atoms with Crippen molar-refractivity contribution in [2.45, 2.75) is 6.92 Å². The molecule has 0 fully saturated rings. The number of nitrogens with one attached hydrogen (secondary N) is 2. The number of amides is 1. The number of rotatable bonds is 4. The number of hydrogen-bond acceptors (Lipinski definition) is 2. The molecular weight excluding hydrogens is 375 g/mol. The Balaban J connectivity index is 2.01. The Labute approximate surface area is 141 Å². The van der Waals surface area contributed by atoms with E-state index in [2.05, 4.69) is 26.6 Å². The van der Waals surface area contributed by atoms with Crippen LogP contribution in [0.3, 0.4) is 0 Å². The molecule has 0 radical (unpaired) electrons. The predicted molar refractivity (Wildman–Crippen MR) is 92.5 cm³/mol. The Kier molecular flexibility index (Phi) is 5.51. The number of benzene rings is 2. The Morgan fingerprint density at radius 3 is 2.43 bits per heavy atom. The van der Waals surface area contributed by atoms with Gasteiger partial charge in [0.05, 0.1) is 22.3 Å². The largest absolute Gasteiger partial charge is 0.376 e. The molecular formula is C15H13BrCl2N2O. The van der Waals surface area contributed by atoms with Gasteiger partial charge in [-0.2, -0.15) is 0 Å². The van der Waals surface area contributed by atoms with Gasteiger partial charge in [-0.05, 0) is 36.8 Å². The summed E-state index contributed by atoms with van der Waals surface area (Å²) in [7, 11) is 0. The molecule has 0 aliphatic rings. The Morgan fingerprint density at radius 1 is 1.14 bits per heavy atom. The van der Waals surface area contributed by atoms with E-state index >= 15 is 0 Å². The van der Waals surface area contributed by atoms with Gasteiger partial charge in [-0.3, -0.25) is 4.79 Å². The minimum absolute atomic E-state index is 0.124. The SMILES string of the molecule is Cc1c(Br)cccc1NCC(=O)Nc1c(Cl)cccc1Cl. The summed E-state index contributed by atoms with van der Waals surface area (Å²) in [6.45, 7) is 2.09. The third-order valence-corrected chi connectivity index (χ3v) is 4.42. The second-order valence-corrected chi connectivity index (χ2v) is 6.08. The molecule has 2 aromatic rings. The zero-order valence-electron chi connectivity index (χ0n) is 11.2. The van der Waals surface area contributed by atoms with E-state index in [1.165, 1.54) is 0 Å². The summed E-state index contributed by atoms with van der Waals surface area (Å²) in [6.07, 6.45) is 0. The highest BCUT2D eigenvalue weighted by Gasteiger charge is 2.10. The lowest BCUT2D eigenvalue weighted by Crippen LogP contribution is -2.22. The molecule has 2 rings (SSSR count). The molecule has 2 N–H and O–H groups in total. The third kappa shape index (κ3) is 4.13. The fraction of sp³-hybridized carbons (Fsp3) is 0.133. The maximum absolute atomic E-state index is 12.0. The highest BCUT2D eigenvalue weighted by molar-refractivity contribution is 9.10. The molecule has 0 saturated carbocycles. The minimum atomic E-state index is -0.218. The number of para-hydroxylation sites is 1. The Bertz CT molecular complexity index is 656. The lowest BCUT2D eigenvalue weighted by Gasteiger charge is -2.12. The maximum Gasteiger partial charge on any atom is 0.243 e. The van der Waals surface area contributed by atoms with E-state index in [1.54, 1.807) is 18.2 Å². The number of carbonyl (C=O) groups excluding carboxylic acids is 1. The van der Waals surface area contributed by atoms with Gasteiger partial charge < -0.3 is 10.6 Å². The van der Waals surface area contributed by atoms with Crippen molar-refractivity contribution in [2.75, 3.05) is 17.2 Å². The quantitative estimate of drug-likeness (QED) is 0.764. The van der Waals surface area contributed by atoms with Crippen LogP contribution in [0.15, 0.2) is 40.9 Å². The first-order valence-corrected chi connectivity index (χ1v) is 7.77. The zero-order chi connectivity index (χ0) is 15.4. The van der Waals surface area contributed by atoms with Crippen LogP contribution in [0.1, 0.15) is 5.56 Å². The molecule has 0 saturated heterocycles. The molecule has 21 heavy (non-hydrogen) atoms. The first-order chi connectivity index (χ1) is 9.99. The molecule has 0 heterocycles. The van der Waals surface area contributed by atoms with Crippen molar-refractivity contribution in [1.82, 2.24) is 0 Å². The van der Waals surface area contributed by atoms with Crippen molar-refractivity contribution >= 4 is 56.4 Å². The van der Waals surface area contributed by atoms with E-state index in [-0.39, 0.29) is 12.5 Å². The highest BCUT2D eigenvalue weighted by atomic mass is 79.9. The topological polar surface area (TPSA) is 41.1 Å². The summed E-state index contributed by atoms with van der Waals surface area (Å²) in [6, 6.07) is 10.8. The number of carbonyl (C=O) groups is 1. The lowest BCUT2D eigenvalue weighted by molar-refractivity contribution is -0.114. The lowest BCUT2D eigenvalue weighted by atomic mass is 10.2. The summed E-state index contributed by atoms with van der Waals surface area (Å²) in [5.41, 5.74) is 2.37. The molecule has 2 aromatic carbocycles. The number of anilines is 2. The smallest absolute Gasteiger partial charge is 0.243 e. The molecule has 0 unspecified atom stereocenters. The van der Waals surface area contributed by atoms with Gasteiger partial charge in [-0.1, -0.05) is 51.3 Å². The van der Waals surface area contributed by atoms with Crippen molar-refractivity contribution in [2.24, 2.45) is 0 Å². The van der Waals surface area contributed by atoms with Gasteiger partial charge in [-0.15, -0.1) is 0 Å². The van der Waals surface area contributed by atoms with E-state index in [0.717, 1.165) is 15.7 Å². The van der Waals surface area contributed by atoms with Crippen LogP contribution >= 0.6 is 39.1 Å². The van der Waals surface area contributed by atoms with E-state index in [0.29, 0.717) is 15.7 Å². The average Bonchev–Trinajstić information content (AvgIpc) is 2.45. The average molecular weight is 388 g/mol. The van der Waals surface area contributed by atoms with Crippen molar-refractivity contribution in [1.29, 1.82) is 0 Å². The van der Waals surface area contributed by atoms with Crippen molar-refractivity contribution in [3.63, 3.8) is 0 Å². The van der Waals surface area contributed by atoms with Crippen molar-refractivity contribution < 1.29 is 4.79 Å². The first kappa shape index (κ1) is 16.1. The van der Waals surface area contributed by atoms with E-state index in [9.17, 15) is 4.79 Å². The summed E-state index contributed by atoms with van der Waals surface area (Å²) in [5.74, 6) is -0.218. The molecule has 0 aromatic heterocycles. The molecule has 0 aliphatic carbocycles. The fourth-order valence-electron chi connectivity index (χ4n) is 1.78. The van der Waals surface area contributed by atoms with Crippen LogP contribution in [0, 0.1) is 6.92 Å². The van der Waals surface area contributed by atoms with Gasteiger partial charge in [0, 0.05) is 10.2 Å². The van der Waals surface area contributed by atoms with E-state index in [4.69, 9.17) is 23.2 Å². The summed E-state index contributed by atoms with van der Waals surface area (Å²) in [5, 5.41) is 6.61. The monoisotopic (exact) mass is 386 g/mol. The van der Waals surface area contributed by atoms with Gasteiger partial charge in [0.1, 0.15) is 0 Å². The van der Waals surface area contributed by atoms with E-state index < -0.39 is 0 Å². The van der Waals surface area contributed by atoms with Crippen LogP contribution in [0.2, 0.25) is 10.0 Å². The van der Waals surface area contributed by atoms with Crippen LogP contribution in [0.4, 0.5) is 11.4 Å². The second-order valence-electron chi connectivity index (χ2n) is 4.41. The van der Waals surface area contributed by atoms with Gasteiger partial charge in [0.25, 0.3) is 0 Å². The highest BCUT2D eigenvalue weighted by Crippen LogP contribution is 2.29. The summed E-state index contributed by atoms with van der Waals surface area (Å²) < 4.78 is 0.988. The zero-order valence-corrected chi connectivity index (χ0v) is 14.3. The summed E-state index contributed by atoms with van der Waals surface area (Å²) in [4.78, 5) is 12.0. The number of hydrogen-bond donors (Lipinski definition) is 2. The number of halogens is 3. The van der Waals surface area contributed by atoms with Gasteiger partial charge in [-0.25, -0.2) is 0 Å². The molecule has 0 aliphatic heterocycles. The maximum atomic E-state index is 12.0. The standard InChI is InChI=1S/C15H13BrCl2N2O/c1-9-10(16)4-2-7-13(9)19-8-14(21)20-15-11(17)5-3-6-12(15)18/h2-7,19H,8H2,1H3,(H,20,21). The van der Waals surface area contributed by atoms with Gasteiger partial charge in [0.2, 0.25) is 5.91 Å². The Hall–Kier alpha value is -1.23. The van der Waals surface area contributed by atoms with Crippen LogP contribution < -0.4 is 10.6 Å². The molecule has 0 spiro atoms. The third-order valence-electron chi connectivity index (χ3n) is 2.93. The summed E-state index contributed by atoms with van der Waals surface area (Å²) >= 11 is 15.5. The van der Waals surface area contributed by atoms with E-state index in [1.807, 2.05) is 25.1 Å². The minimum Gasteiger partial charge on any atom is -0.376 e. The first-order valence-electron chi connectivity index (χ1n) is 6.22. The second kappa shape index (κ2) is 7.16. The Morgan fingerprint density at radius 2 is 1.76 bits per heavy atom. The molecule has 0 bridgehead atoms. The van der Waals surface area contributed by atoms with Gasteiger partial charge >= 0.3 is 0 Å². The van der Waals surface area contributed by atoms with Gasteiger partial charge in [0.15, 0.2) is 0 Å². The molecule has 110 valence electrons. The molecule has 3 nitrogen and oxygen atoms in total. The van der Waals surface area contributed by atoms with Crippen LogP contribution in [0.5, 0.6) is 0 Å². The van der Waals surface area contributed by atoms with Crippen LogP contribution in [-0.2, 0) is 4.79 Å². The molecule has 0 atom stereocenters. The van der Waals surface area contributed by atoms with Crippen LogP contribution in [-0.4, -0.2) is 12.5 Å².